The SMILES string of the molecule is Cc1cncc(-c2nnc3n2CCN(C2c4ccccc4C=Cc4ccccc42)C3)c1. The smallest absolute Gasteiger partial charge is 0.165 e. The second-order valence-electron chi connectivity index (χ2n) is 8.31. The first-order valence-electron chi connectivity index (χ1n) is 10.7. The normalized spacial score (nSPS) is 15.8. The van der Waals surface area contributed by atoms with Crippen molar-refractivity contribution in [3.05, 3.63) is 101 Å². The van der Waals surface area contributed by atoms with Gasteiger partial charge in [0.15, 0.2) is 5.82 Å². The van der Waals surface area contributed by atoms with Crippen LogP contribution in [0.1, 0.15) is 39.7 Å². The molecule has 0 saturated carbocycles. The van der Waals surface area contributed by atoms with E-state index in [0.29, 0.717) is 0 Å². The largest absolute Gasteiger partial charge is 0.309 e. The summed E-state index contributed by atoms with van der Waals surface area (Å²) in [4.78, 5) is 6.87. The fraction of sp³-hybridized carbons (Fsp3) is 0.192. The van der Waals surface area contributed by atoms with Gasteiger partial charge in [0, 0.05) is 31.0 Å². The van der Waals surface area contributed by atoms with Crippen molar-refractivity contribution in [2.24, 2.45) is 0 Å². The van der Waals surface area contributed by atoms with Crippen LogP contribution in [0.25, 0.3) is 23.5 Å². The summed E-state index contributed by atoms with van der Waals surface area (Å²) in [7, 11) is 0. The Bertz CT molecular complexity index is 1250. The first-order valence-corrected chi connectivity index (χ1v) is 10.7. The average molecular weight is 406 g/mol. The summed E-state index contributed by atoms with van der Waals surface area (Å²) in [6, 6.07) is 19.8. The molecule has 3 heterocycles. The van der Waals surface area contributed by atoms with E-state index in [9.17, 15) is 0 Å². The van der Waals surface area contributed by atoms with Crippen molar-refractivity contribution < 1.29 is 0 Å². The van der Waals surface area contributed by atoms with Crippen molar-refractivity contribution in [3.8, 4) is 11.4 Å². The van der Waals surface area contributed by atoms with Crippen molar-refractivity contribution in [3.63, 3.8) is 0 Å². The molecule has 31 heavy (non-hydrogen) atoms. The Morgan fingerprint density at radius 2 is 1.55 bits per heavy atom. The third-order valence-electron chi connectivity index (χ3n) is 6.30. The molecule has 0 fully saturated rings. The van der Waals surface area contributed by atoms with Gasteiger partial charge in [0.25, 0.3) is 0 Å². The van der Waals surface area contributed by atoms with E-state index in [-0.39, 0.29) is 6.04 Å². The molecule has 1 aliphatic carbocycles. The predicted octanol–water partition coefficient (Wildman–Crippen LogP) is 4.74. The highest BCUT2D eigenvalue weighted by molar-refractivity contribution is 5.76. The lowest BCUT2D eigenvalue weighted by Crippen LogP contribution is -2.37. The summed E-state index contributed by atoms with van der Waals surface area (Å²) < 4.78 is 2.25. The van der Waals surface area contributed by atoms with Crippen LogP contribution in [-0.4, -0.2) is 31.2 Å². The van der Waals surface area contributed by atoms with E-state index in [1.807, 2.05) is 12.4 Å². The quantitative estimate of drug-likeness (QED) is 0.483. The van der Waals surface area contributed by atoms with E-state index in [2.05, 4.69) is 98.3 Å². The molecule has 5 nitrogen and oxygen atoms in total. The number of hydrogen-bond acceptors (Lipinski definition) is 4. The highest BCUT2D eigenvalue weighted by Crippen LogP contribution is 2.38. The van der Waals surface area contributed by atoms with Crippen LogP contribution in [-0.2, 0) is 13.1 Å². The summed E-state index contributed by atoms with van der Waals surface area (Å²) >= 11 is 0. The monoisotopic (exact) mass is 405 g/mol. The Morgan fingerprint density at radius 1 is 0.839 bits per heavy atom. The number of rotatable bonds is 2. The maximum Gasteiger partial charge on any atom is 0.165 e. The van der Waals surface area contributed by atoms with Gasteiger partial charge in [0.1, 0.15) is 5.82 Å². The summed E-state index contributed by atoms with van der Waals surface area (Å²) in [5.41, 5.74) is 7.41. The second-order valence-corrected chi connectivity index (χ2v) is 8.31. The molecule has 0 unspecified atom stereocenters. The van der Waals surface area contributed by atoms with Gasteiger partial charge in [0.05, 0.1) is 12.6 Å². The zero-order valence-corrected chi connectivity index (χ0v) is 17.4. The first kappa shape index (κ1) is 18.2. The van der Waals surface area contributed by atoms with Gasteiger partial charge in [-0.15, -0.1) is 10.2 Å². The summed E-state index contributed by atoms with van der Waals surface area (Å²) in [5.74, 6) is 1.92. The van der Waals surface area contributed by atoms with E-state index >= 15 is 0 Å². The topological polar surface area (TPSA) is 46.8 Å². The lowest BCUT2D eigenvalue weighted by atomic mass is 9.92. The van der Waals surface area contributed by atoms with Crippen molar-refractivity contribution in [1.29, 1.82) is 0 Å². The van der Waals surface area contributed by atoms with Gasteiger partial charge in [-0.25, -0.2) is 0 Å². The summed E-state index contributed by atoms with van der Waals surface area (Å²) in [6.45, 7) is 4.62. The van der Waals surface area contributed by atoms with Gasteiger partial charge in [-0.2, -0.15) is 0 Å². The molecular weight excluding hydrogens is 382 g/mol. The molecule has 0 amide bonds. The molecule has 2 aromatic heterocycles. The van der Waals surface area contributed by atoms with Gasteiger partial charge in [0.2, 0.25) is 0 Å². The minimum atomic E-state index is 0.192. The highest BCUT2D eigenvalue weighted by atomic mass is 15.3. The van der Waals surface area contributed by atoms with E-state index < -0.39 is 0 Å². The molecular formula is C26H23N5. The minimum absolute atomic E-state index is 0.192. The molecule has 152 valence electrons. The van der Waals surface area contributed by atoms with Crippen LogP contribution in [0.15, 0.2) is 67.0 Å². The Morgan fingerprint density at radius 3 is 2.26 bits per heavy atom. The molecule has 0 saturated heterocycles. The number of aryl methyl sites for hydroxylation is 1. The van der Waals surface area contributed by atoms with E-state index in [1.54, 1.807) is 0 Å². The molecule has 4 aromatic rings. The van der Waals surface area contributed by atoms with Crippen LogP contribution in [0.5, 0.6) is 0 Å². The maximum absolute atomic E-state index is 4.57. The lowest BCUT2D eigenvalue weighted by Gasteiger charge is -2.36. The van der Waals surface area contributed by atoms with Crippen molar-refractivity contribution in [2.75, 3.05) is 6.54 Å². The fourth-order valence-electron chi connectivity index (χ4n) is 4.85. The van der Waals surface area contributed by atoms with Crippen LogP contribution >= 0.6 is 0 Å². The molecule has 0 spiro atoms. The first-order chi connectivity index (χ1) is 15.3. The number of nitrogens with zero attached hydrogens (tertiary/aromatic N) is 5. The third-order valence-corrected chi connectivity index (χ3v) is 6.30. The molecule has 5 heteroatoms. The van der Waals surface area contributed by atoms with E-state index in [0.717, 1.165) is 42.4 Å². The van der Waals surface area contributed by atoms with Gasteiger partial charge in [-0.3, -0.25) is 9.88 Å². The number of aromatic nitrogens is 4. The highest BCUT2D eigenvalue weighted by Gasteiger charge is 2.31. The van der Waals surface area contributed by atoms with Crippen molar-refractivity contribution in [1.82, 2.24) is 24.6 Å². The Kier molecular flexibility index (Phi) is 4.28. The van der Waals surface area contributed by atoms with Crippen LogP contribution in [0.4, 0.5) is 0 Å². The molecule has 2 aromatic carbocycles. The van der Waals surface area contributed by atoms with Crippen LogP contribution < -0.4 is 0 Å². The summed E-state index contributed by atoms with van der Waals surface area (Å²) in [6.07, 6.45) is 8.22. The lowest BCUT2D eigenvalue weighted by molar-refractivity contribution is 0.176. The van der Waals surface area contributed by atoms with Crippen LogP contribution in [0.2, 0.25) is 0 Å². The van der Waals surface area contributed by atoms with Gasteiger partial charge < -0.3 is 4.57 Å². The molecule has 2 aliphatic rings. The third kappa shape index (κ3) is 3.09. The van der Waals surface area contributed by atoms with Crippen LogP contribution in [0.3, 0.4) is 0 Å². The molecule has 0 N–H and O–H groups in total. The average Bonchev–Trinajstić information content (AvgIpc) is 3.15. The number of pyridine rings is 1. The summed E-state index contributed by atoms with van der Waals surface area (Å²) in [5, 5.41) is 9.10. The fourth-order valence-corrected chi connectivity index (χ4v) is 4.85. The molecule has 1 aliphatic heterocycles. The molecule has 0 atom stereocenters. The standard InChI is InChI=1S/C26H23N5/c1-18-14-21(16-27-15-18)26-29-28-24-17-30(12-13-31(24)26)25-22-8-4-2-6-19(22)10-11-20-7-3-5-9-23(20)25/h2-11,14-16,25H,12-13,17H2,1H3. The van der Waals surface area contributed by atoms with Crippen molar-refractivity contribution >= 4 is 12.2 Å². The zero-order chi connectivity index (χ0) is 20.8. The molecule has 0 radical (unpaired) electrons. The number of benzene rings is 2. The molecule has 6 rings (SSSR count). The minimum Gasteiger partial charge on any atom is -0.309 e. The second kappa shape index (κ2) is 7.29. The number of fused-ring (bicyclic) bond motifs is 3. The Labute approximate surface area is 181 Å². The zero-order valence-electron chi connectivity index (χ0n) is 17.4. The van der Waals surface area contributed by atoms with Gasteiger partial charge in [-0.05, 0) is 40.8 Å². The van der Waals surface area contributed by atoms with Crippen molar-refractivity contribution in [2.45, 2.75) is 26.1 Å². The predicted molar refractivity (Wildman–Crippen MR) is 122 cm³/mol. The molecule has 0 bridgehead atoms. The Balaban J connectivity index is 1.41. The Hall–Kier alpha value is -3.57. The van der Waals surface area contributed by atoms with E-state index in [4.69, 9.17) is 0 Å². The van der Waals surface area contributed by atoms with Gasteiger partial charge >= 0.3 is 0 Å². The van der Waals surface area contributed by atoms with E-state index in [1.165, 1.54) is 22.3 Å². The van der Waals surface area contributed by atoms with Crippen LogP contribution in [0, 0.1) is 6.92 Å². The van der Waals surface area contributed by atoms with Gasteiger partial charge in [-0.1, -0.05) is 60.7 Å². The maximum atomic E-state index is 4.57. The number of hydrogen-bond donors (Lipinski definition) is 0.